The molecule has 0 fully saturated rings. The maximum absolute atomic E-state index is 11.9. The lowest BCUT2D eigenvalue weighted by Crippen LogP contribution is -2.42. The first kappa shape index (κ1) is 16.0. The van der Waals surface area contributed by atoms with Gasteiger partial charge in [-0.05, 0) is 38.0 Å². The van der Waals surface area contributed by atoms with E-state index in [1.54, 1.807) is 21.0 Å². The van der Waals surface area contributed by atoms with Crippen LogP contribution < -0.4 is 10.1 Å². The second kappa shape index (κ2) is 6.93. The summed E-state index contributed by atoms with van der Waals surface area (Å²) < 4.78 is 5.64. The normalized spacial score (nSPS) is 11.7. The number of aryl methyl sites for hydroxylation is 1. The summed E-state index contributed by atoms with van der Waals surface area (Å²) >= 11 is 0. The van der Waals surface area contributed by atoms with Crippen molar-refractivity contribution in [3.8, 4) is 5.75 Å². The van der Waals surface area contributed by atoms with E-state index >= 15 is 0 Å². The first-order valence-corrected chi connectivity index (χ1v) is 6.53. The second-order valence-corrected chi connectivity index (χ2v) is 4.96. The number of nitrogens with one attached hydrogen (secondary N) is 1. The predicted molar refractivity (Wildman–Crippen MR) is 77.7 cm³/mol. The van der Waals surface area contributed by atoms with Gasteiger partial charge in [-0.25, -0.2) is 0 Å². The summed E-state index contributed by atoms with van der Waals surface area (Å²) in [6.45, 7) is 5.58. The van der Waals surface area contributed by atoms with Gasteiger partial charge in [0.15, 0.2) is 6.10 Å². The molecule has 1 aromatic rings. The molecule has 5 heteroatoms. The Morgan fingerprint density at radius 3 is 2.55 bits per heavy atom. The van der Waals surface area contributed by atoms with Crippen molar-refractivity contribution < 1.29 is 14.3 Å². The standard InChI is InChI=1S/C15H22N2O3/c1-10-7-6-8-13(11(10)2)20-12(3)15(19)16-9-14(18)17(4)5/h6-8,12H,9H2,1-5H3,(H,16,19)/t12-/m0/s1. The number of carbonyl (C=O) groups excluding carboxylic acids is 2. The molecule has 0 aromatic heterocycles. The summed E-state index contributed by atoms with van der Waals surface area (Å²) in [6.07, 6.45) is -0.648. The number of ether oxygens (including phenoxy) is 1. The van der Waals surface area contributed by atoms with Crippen LogP contribution in [0, 0.1) is 13.8 Å². The van der Waals surface area contributed by atoms with Crippen molar-refractivity contribution in [2.45, 2.75) is 26.9 Å². The molecule has 5 nitrogen and oxygen atoms in total. The SMILES string of the molecule is Cc1cccc(O[C@@H](C)C(=O)NCC(=O)N(C)C)c1C. The molecule has 20 heavy (non-hydrogen) atoms. The summed E-state index contributed by atoms with van der Waals surface area (Å²) in [5.74, 6) is 0.227. The lowest BCUT2D eigenvalue weighted by atomic mass is 10.1. The van der Waals surface area contributed by atoms with Gasteiger partial charge in [0.25, 0.3) is 5.91 Å². The van der Waals surface area contributed by atoms with Crippen LogP contribution in [0.25, 0.3) is 0 Å². The summed E-state index contributed by atoms with van der Waals surface area (Å²) in [6, 6.07) is 5.71. The van der Waals surface area contributed by atoms with Crippen molar-refractivity contribution >= 4 is 11.8 Å². The summed E-state index contributed by atoms with van der Waals surface area (Å²) in [4.78, 5) is 24.7. The van der Waals surface area contributed by atoms with Crippen LogP contribution in [-0.4, -0.2) is 43.5 Å². The second-order valence-electron chi connectivity index (χ2n) is 4.96. The molecule has 0 aliphatic rings. The lowest BCUT2D eigenvalue weighted by Gasteiger charge is -2.17. The number of amides is 2. The van der Waals surface area contributed by atoms with Crippen molar-refractivity contribution in [1.82, 2.24) is 10.2 Å². The number of rotatable bonds is 5. The van der Waals surface area contributed by atoms with Gasteiger partial charge in [-0.1, -0.05) is 12.1 Å². The number of hydrogen-bond donors (Lipinski definition) is 1. The van der Waals surface area contributed by atoms with Gasteiger partial charge in [-0.15, -0.1) is 0 Å². The molecule has 1 aromatic carbocycles. The zero-order valence-electron chi connectivity index (χ0n) is 12.7. The van der Waals surface area contributed by atoms with Crippen LogP contribution >= 0.6 is 0 Å². The van der Waals surface area contributed by atoms with Gasteiger partial charge in [0.1, 0.15) is 5.75 Å². The minimum atomic E-state index is -0.648. The van der Waals surface area contributed by atoms with E-state index in [0.717, 1.165) is 11.1 Å². The fourth-order valence-corrected chi connectivity index (χ4v) is 1.56. The van der Waals surface area contributed by atoms with Crippen LogP contribution in [0.4, 0.5) is 0 Å². The number of carbonyl (C=O) groups is 2. The van der Waals surface area contributed by atoms with E-state index in [0.29, 0.717) is 5.75 Å². The highest BCUT2D eigenvalue weighted by molar-refractivity contribution is 5.86. The number of hydrogen-bond acceptors (Lipinski definition) is 3. The average Bonchev–Trinajstić information content (AvgIpc) is 2.40. The van der Waals surface area contributed by atoms with Crippen LogP contribution in [0.1, 0.15) is 18.1 Å². The third-order valence-corrected chi connectivity index (χ3v) is 3.14. The van der Waals surface area contributed by atoms with Gasteiger partial charge in [-0.2, -0.15) is 0 Å². The van der Waals surface area contributed by atoms with Gasteiger partial charge < -0.3 is 15.0 Å². The van der Waals surface area contributed by atoms with E-state index in [2.05, 4.69) is 5.32 Å². The highest BCUT2D eigenvalue weighted by atomic mass is 16.5. The first-order valence-electron chi connectivity index (χ1n) is 6.53. The van der Waals surface area contributed by atoms with Crippen LogP contribution in [0.5, 0.6) is 5.75 Å². The van der Waals surface area contributed by atoms with Crippen molar-refractivity contribution in [3.63, 3.8) is 0 Å². The molecule has 0 aliphatic carbocycles. The fourth-order valence-electron chi connectivity index (χ4n) is 1.56. The highest BCUT2D eigenvalue weighted by Crippen LogP contribution is 2.21. The van der Waals surface area contributed by atoms with Crippen molar-refractivity contribution in [1.29, 1.82) is 0 Å². The quantitative estimate of drug-likeness (QED) is 0.882. The summed E-state index contributed by atoms with van der Waals surface area (Å²) in [5, 5.41) is 2.56. The number of benzene rings is 1. The molecule has 0 saturated carbocycles. The van der Waals surface area contributed by atoms with E-state index in [4.69, 9.17) is 4.74 Å². The van der Waals surface area contributed by atoms with E-state index in [9.17, 15) is 9.59 Å². The van der Waals surface area contributed by atoms with E-state index in [1.165, 1.54) is 4.90 Å². The van der Waals surface area contributed by atoms with Gasteiger partial charge in [0.2, 0.25) is 5.91 Å². The molecule has 0 bridgehead atoms. The Bertz CT molecular complexity index is 498. The molecule has 0 spiro atoms. The van der Waals surface area contributed by atoms with Gasteiger partial charge in [0, 0.05) is 14.1 Å². The first-order chi connectivity index (χ1) is 9.32. The fraction of sp³-hybridized carbons (Fsp3) is 0.467. The van der Waals surface area contributed by atoms with E-state index < -0.39 is 6.10 Å². The topological polar surface area (TPSA) is 58.6 Å². The highest BCUT2D eigenvalue weighted by Gasteiger charge is 2.17. The minimum absolute atomic E-state index is 0.0215. The monoisotopic (exact) mass is 278 g/mol. The molecule has 0 heterocycles. The zero-order valence-corrected chi connectivity index (χ0v) is 12.7. The molecule has 2 amide bonds. The van der Waals surface area contributed by atoms with Crippen LogP contribution in [0.15, 0.2) is 18.2 Å². The van der Waals surface area contributed by atoms with Crippen molar-refractivity contribution in [2.75, 3.05) is 20.6 Å². The molecule has 1 rings (SSSR count). The maximum Gasteiger partial charge on any atom is 0.261 e. The largest absolute Gasteiger partial charge is 0.481 e. The molecule has 110 valence electrons. The Labute approximate surface area is 119 Å². The number of nitrogens with zero attached hydrogens (tertiary/aromatic N) is 1. The maximum atomic E-state index is 11.9. The molecule has 0 unspecified atom stereocenters. The Balaban J connectivity index is 2.58. The Kier molecular flexibility index (Phi) is 5.55. The van der Waals surface area contributed by atoms with Gasteiger partial charge in [-0.3, -0.25) is 9.59 Å². The smallest absolute Gasteiger partial charge is 0.261 e. The van der Waals surface area contributed by atoms with E-state index in [-0.39, 0.29) is 18.4 Å². The molecular formula is C15H22N2O3. The number of likely N-dealkylation sites (N-methyl/N-ethyl adjacent to an activating group) is 1. The van der Waals surface area contributed by atoms with Crippen molar-refractivity contribution in [3.05, 3.63) is 29.3 Å². The molecule has 0 aliphatic heterocycles. The Hall–Kier alpha value is -2.04. The molecular weight excluding hydrogens is 256 g/mol. The average molecular weight is 278 g/mol. The predicted octanol–water partition coefficient (Wildman–Crippen LogP) is 1.28. The third-order valence-electron chi connectivity index (χ3n) is 3.14. The third kappa shape index (κ3) is 4.26. The van der Waals surface area contributed by atoms with Crippen LogP contribution in [0.3, 0.4) is 0 Å². The molecule has 0 saturated heterocycles. The summed E-state index contributed by atoms with van der Waals surface area (Å²) in [5.41, 5.74) is 2.12. The van der Waals surface area contributed by atoms with Gasteiger partial charge in [0.05, 0.1) is 6.54 Å². The summed E-state index contributed by atoms with van der Waals surface area (Å²) in [7, 11) is 3.29. The van der Waals surface area contributed by atoms with Crippen molar-refractivity contribution in [2.24, 2.45) is 0 Å². The Morgan fingerprint density at radius 1 is 1.30 bits per heavy atom. The zero-order chi connectivity index (χ0) is 15.3. The lowest BCUT2D eigenvalue weighted by molar-refractivity contribution is -0.133. The van der Waals surface area contributed by atoms with Crippen LogP contribution in [-0.2, 0) is 9.59 Å². The van der Waals surface area contributed by atoms with Crippen LogP contribution in [0.2, 0.25) is 0 Å². The molecule has 1 N–H and O–H groups in total. The van der Waals surface area contributed by atoms with Gasteiger partial charge >= 0.3 is 0 Å². The van der Waals surface area contributed by atoms with E-state index in [1.807, 2.05) is 32.0 Å². The minimum Gasteiger partial charge on any atom is -0.481 e. The molecule has 0 radical (unpaired) electrons. The Morgan fingerprint density at radius 2 is 1.95 bits per heavy atom. The molecule has 1 atom stereocenters.